The molecule has 1 heterocycles. The predicted octanol–water partition coefficient (Wildman–Crippen LogP) is 6.08. The highest BCUT2D eigenvalue weighted by molar-refractivity contribution is 5.88. The first-order chi connectivity index (χ1) is 15.7. The summed E-state index contributed by atoms with van der Waals surface area (Å²) in [5, 5.41) is 6.38. The molecule has 1 amide bonds. The predicted molar refractivity (Wildman–Crippen MR) is 127 cm³/mol. The maximum absolute atomic E-state index is 11.4. The summed E-state index contributed by atoms with van der Waals surface area (Å²) in [6.45, 7) is 1.50. The first-order valence-electron chi connectivity index (χ1n) is 10.7. The summed E-state index contributed by atoms with van der Waals surface area (Å²) < 4.78 is 6.98. The van der Waals surface area contributed by atoms with Crippen LogP contribution in [0.1, 0.15) is 35.4 Å². The van der Waals surface area contributed by atoms with Crippen molar-refractivity contribution in [3.05, 3.63) is 131 Å². The van der Waals surface area contributed by atoms with Crippen molar-refractivity contribution in [1.29, 1.82) is 0 Å². The Morgan fingerprint density at radius 3 is 1.94 bits per heavy atom. The Kier molecular flexibility index (Phi) is 5.21. The topological polar surface area (TPSA) is 50.4 Å². The molecule has 0 saturated carbocycles. The van der Waals surface area contributed by atoms with Crippen LogP contribution in [0.15, 0.2) is 109 Å². The van der Waals surface area contributed by atoms with Crippen LogP contribution in [0, 0.1) is 0 Å². The molecule has 4 heteroatoms. The van der Waals surface area contributed by atoms with Crippen LogP contribution in [0.3, 0.4) is 0 Å². The van der Waals surface area contributed by atoms with E-state index in [0.717, 1.165) is 33.6 Å². The largest absolute Gasteiger partial charge is 0.356 e. The zero-order chi connectivity index (χ0) is 22.0. The second-order valence-corrected chi connectivity index (χ2v) is 7.90. The molecule has 4 nitrogen and oxygen atoms in total. The third kappa shape index (κ3) is 3.55. The summed E-state index contributed by atoms with van der Waals surface area (Å²) in [5.74, 6) is -0.0918. The minimum Gasteiger partial charge on any atom is -0.356 e. The maximum atomic E-state index is 11.4. The molecule has 0 aliphatic carbocycles. The summed E-state index contributed by atoms with van der Waals surface area (Å²) in [6, 6.07) is 36.8. The third-order valence-corrected chi connectivity index (χ3v) is 5.78. The molecule has 1 aliphatic rings. The van der Waals surface area contributed by atoms with Crippen molar-refractivity contribution in [3.8, 4) is 0 Å². The van der Waals surface area contributed by atoms with E-state index in [2.05, 4.69) is 47.0 Å². The van der Waals surface area contributed by atoms with E-state index < -0.39 is 5.60 Å². The van der Waals surface area contributed by atoms with E-state index >= 15 is 0 Å². The molecule has 0 aromatic heterocycles. The molecule has 0 fully saturated rings. The number of rotatable bonds is 4. The molecule has 0 spiro atoms. The van der Waals surface area contributed by atoms with Crippen LogP contribution in [0.5, 0.6) is 0 Å². The van der Waals surface area contributed by atoms with Crippen LogP contribution in [-0.2, 0) is 15.1 Å². The number of hydrogen-bond acceptors (Lipinski definition) is 3. The molecule has 0 bridgehead atoms. The molecule has 5 rings (SSSR count). The van der Waals surface area contributed by atoms with E-state index in [4.69, 9.17) is 4.74 Å². The van der Waals surface area contributed by atoms with Gasteiger partial charge in [0.2, 0.25) is 5.91 Å². The van der Waals surface area contributed by atoms with Crippen LogP contribution in [0.2, 0.25) is 0 Å². The highest BCUT2D eigenvalue weighted by atomic mass is 16.5. The number of carbonyl (C=O) groups is 1. The summed E-state index contributed by atoms with van der Waals surface area (Å²) >= 11 is 0. The summed E-state index contributed by atoms with van der Waals surface area (Å²) in [5.41, 5.74) is 5.20. The third-order valence-electron chi connectivity index (χ3n) is 5.78. The van der Waals surface area contributed by atoms with Gasteiger partial charge >= 0.3 is 0 Å². The van der Waals surface area contributed by atoms with Crippen molar-refractivity contribution >= 4 is 17.3 Å². The quantitative estimate of drug-likeness (QED) is 0.421. The second kappa shape index (κ2) is 8.33. The zero-order valence-corrected chi connectivity index (χ0v) is 17.8. The zero-order valence-electron chi connectivity index (χ0n) is 17.8. The van der Waals surface area contributed by atoms with Crippen molar-refractivity contribution in [2.75, 3.05) is 10.6 Å². The fourth-order valence-electron chi connectivity index (χ4n) is 4.38. The van der Waals surface area contributed by atoms with Gasteiger partial charge in [0, 0.05) is 29.4 Å². The number of fused-ring (bicyclic) bond motifs is 1. The van der Waals surface area contributed by atoms with Gasteiger partial charge in [-0.2, -0.15) is 0 Å². The fraction of sp³-hybridized carbons (Fsp3) is 0.107. The van der Waals surface area contributed by atoms with Crippen LogP contribution in [0.4, 0.5) is 11.4 Å². The molecule has 4 aromatic rings. The lowest BCUT2D eigenvalue weighted by molar-refractivity contribution is -0.114. The molecular weight excluding hydrogens is 396 g/mol. The van der Waals surface area contributed by atoms with E-state index in [1.54, 1.807) is 0 Å². The van der Waals surface area contributed by atoms with E-state index in [1.807, 2.05) is 72.8 Å². The minimum atomic E-state index is -0.772. The molecule has 1 atom stereocenters. The SMILES string of the molecule is CC(=O)Nc1ccc(C2Nc3ccccc3C(c3ccccc3)(c3ccccc3)O2)cc1. The Morgan fingerprint density at radius 1 is 0.781 bits per heavy atom. The van der Waals surface area contributed by atoms with Gasteiger partial charge in [0.25, 0.3) is 0 Å². The van der Waals surface area contributed by atoms with Gasteiger partial charge in [0.15, 0.2) is 6.23 Å². The van der Waals surface area contributed by atoms with Crippen LogP contribution in [0.25, 0.3) is 0 Å². The van der Waals surface area contributed by atoms with Gasteiger partial charge < -0.3 is 15.4 Å². The summed E-state index contributed by atoms with van der Waals surface area (Å²) in [4.78, 5) is 11.4. The van der Waals surface area contributed by atoms with E-state index in [0.29, 0.717) is 0 Å². The Labute approximate surface area is 187 Å². The lowest BCUT2D eigenvalue weighted by Crippen LogP contribution is -2.40. The Balaban J connectivity index is 1.67. The molecular formula is C28H24N2O2. The highest BCUT2D eigenvalue weighted by Crippen LogP contribution is 2.50. The Hall–Kier alpha value is -3.89. The van der Waals surface area contributed by atoms with E-state index in [1.165, 1.54) is 6.92 Å². The maximum Gasteiger partial charge on any atom is 0.221 e. The number of hydrogen-bond donors (Lipinski definition) is 2. The first kappa shape index (κ1) is 20.0. The number of ether oxygens (including phenoxy) is 1. The van der Waals surface area contributed by atoms with Gasteiger partial charge in [-0.05, 0) is 29.3 Å². The van der Waals surface area contributed by atoms with Crippen LogP contribution >= 0.6 is 0 Å². The van der Waals surface area contributed by atoms with Crippen LogP contribution in [-0.4, -0.2) is 5.91 Å². The molecule has 32 heavy (non-hydrogen) atoms. The normalized spacial score (nSPS) is 16.5. The number of carbonyl (C=O) groups excluding carboxylic acids is 1. The Morgan fingerprint density at radius 2 is 1.34 bits per heavy atom. The van der Waals surface area contributed by atoms with E-state index in [-0.39, 0.29) is 12.1 Å². The van der Waals surface area contributed by atoms with Gasteiger partial charge in [0.05, 0.1) is 0 Å². The van der Waals surface area contributed by atoms with E-state index in [9.17, 15) is 4.79 Å². The number of anilines is 2. The van der Waals surface area contributed by atoms with Crippen molar-refractivity contribution in [1.82, 2.24) is 0 Å². The average molecular weight is 421 g/mol. The number of para-hydroxylation sites is 1. The van der Waals surface area contributed by atoms with Crippen molar-refractivity contribution in [2.24, 2.45) is 0 Å². The molecule has 1 aliphatic heterocycles. The molecule has 4 aromatic carbocycles. The number of nitrogens with one attached hydrogen (secondary N) is 2. The fourth-order valence-corrected chi connectivity index (χ4v) is 4.38. The highest BCUT2D eigenvalue weighted by Gasteiger charge is 2.44. The molecule has 158 valence electrons. The first-order valence-corrected chi connectivity index (χ1v) is 10.7. The molecule has 1 unspecified atom stereocenters. The van der Waals surface area contributed by atoms with Gasteiger partial charge in [-0.3, -0.25) is 4.79 Å². The minimum absolute atomic E-state index is 0.0918. The van der Waals surface area contributed by atoms with Crippen LogP contribution < -0.4 is 10.6 Å². The smallest absolute Gasteiger partial charge is 0.221 e. The standard InChI is InChI=1S/C28H24N2O2/c1-20(31)29-24-18-16-21(17-19-24)27-30-26-15-9-8-14-25(26)28(32-27,22-10-4-2-5-11-22)23-12-6-3-7-13-23/h2-19,27,30H,1H3,(H,29,31). The number of benzene rings is 4. The average Bonchev–Trinajstić information content (AvgIpc) is 2.84. The summed E-state index contributed by atoms with van der Waals surface area (Å²) in [6.07, 6.45) is -0.378. The monoisotopic (exact) mass is 420 g/mol. The lowest BCUT2D eigenvalue weighted by atomic mass is 9.78. The molecule has 0 saturated heterocycles. The van der Waals surface area contributed by atoms with Gasteiger partial charge in [-0.15, -0.1) is 0 Å². The summed E-state index contributed by atoms with van der Waals surface area (Å²) in [7, 11) is 0. The van der Waals surface area contributed by atoms with Crippen molar-refractivity contribution in [2.45, 2.75) is 18.8 Å². The lowest BCUT2D eigenvalue weighted by Gasteiger charge is -2.44. The van der Waals surface area contributed by atoms with Crippen molar-refractivity contribution < 1.29 is 9.53 Å². The number of amides is 1. The second-order valence-electron chi connectivity index (χ2n) is 7.90. The van der Waals surface area contributed by atoms with Gasteiger partial charge in [0.1, 0.15) is 5.60 Å². The van der Waals surface area contributed by atoms with Crippen molar-refractivity contribution in [3.63, 3.8) is 0 Å². The molecule has 0 radical (unpaired) electrons. The van der Waals surface area contributed by atoms with Gasteiger partial charge in [-0.25, -0.2) is 0 Å². The Bertz CT molecular complexity index is 1180. The van der Waals surface area contributed by atoms with Gasteiger partial charge in [-0.1, -0.05) is 91.0 Å². The molecule has 2 N–H and O–H groups in total.